The Labute approximate surface area is 165 Å². The van der Waals surface area contributed by atoms with Gasteiger partial charge in [-0.2, -0.15) is 4.52 Å². The van der Waals surface area contributed by atoms with Gasteiger partial charge in [0, 0.05) is 11.1 Å². The van der Waals surface area contributed by atoms with Crippen molar-refractivity contribution < 1.29 is 4.79 Å². The highest BCUT2D eigenvalue weighted by Crippen LogP contribution is 2.25. The van der Waals surface area contributed by atoms with Gasteiger partial charge in [0.25, 0.3) is 5.56 Å². The van der Waals surface area contributed by atoms with Crippen LogP contribution < -0.4 is 10.9 Å². The maximum Gasteiger partial charge on any atom is 0.297 e. The van der Waals surface area contributed by atoms with Gasteiger partial charge < -0.3 is 5.32 Å². The van der Waals surface area contributed by atoms with Crippen LogP contribution in [0, 0.1) is 13.8 Å². The van der Waals surface area contributed by atoms with Crippen molar-refractivity contribution in [2.24, 2.45) is 0 Å². The van der Waals surface area contributed by atoms with Crippen LogP contribution in [-0.4, -0.2) is 31.5 Å². The van der Waals surface area contributed by atoms with Gasteiger partial charge in [0.2, 0.25) is 10.9 Å². The second-order valence-corrected chi connectivity index (χ2v) is 9.43. The van der Waals surface area contributed by atoms with E-state index >= 15 is 0 Å². The van der Waals surface area contributed by atoms with E-state index in [4.69, 9.17) is 0 Å². The number of aromatic nitrogens is 4. The van der Waals surface area contributed by atoms with E-state index in [9.17, 15) is 9.59 Å². The fourth-order valence-corrected chi connectivity index (χ4v) is 4.10. The van der Waals surface area contributed by atoms with E-state index < -0.39 is 5.41 Å². The Morgan fingerprint density at radius 2 is 2.00 bits per heavy atom. The molecule has 3 rings (SSSR count). The summed E-state index contributed by atoms with van der Waals surface area (Å²) in [7, 11) is 0. The van der Waals surface area contributed by atoms with E-state index in [1.54, 1.807) is 0 Å². The second kappa shape index (κ2) is 7.40. The maximum atomic E-state index is 12.6. The number of aryl methyl sites for hydroxylation is 1. The van der Waals surface area contributed by atoms with E-state index in [0.29, 0.717) is 15.0 Å². The van der Waals surface area contributed by atoms with Crippen molar-refractivity contribution in [3.8, 4) is 0 Å². The molecule has 7 nitrogen and oxygen atoms in total. The summed E-state index contributed by atoms with van der Waals surface area (Å²) in [5.74, 6) is 0.0726. The van der Waals surface area contributed by atoms with Crippen LogP contribution in [0.1, 0.15) is 37.6 Å². The third-order valence-electron chi connectivity index (χ3n) is 4.09. The summed E-state index contributed by atoms with van der Waals surface area (Å²) in [6.45, 7) is 9.70. The maximum absolute atomic E-state index is 12.6. The molecular formula is C18H21N5O2S2. The van der Waals surface area contributed by atoms with Crippen LogP contribution in [0.3, 0.4) is 0 Å². The van der Waals surface area contributed by atoms with Gasteiger partial charge >= 0.3 is 0 Å². The first kappa shape index (κ1) is 19.5. The normalized spacial score (nSPS) is 11.7. The molecule has 27 heavy (non-hydrogen) atoms. The number of thioether (sulfide) groups is 1. The predicted octanol–water partition coefficient (Wildman–Crippen LogP) is 3.19. The zero-order chi connectivity index (χ0) is 19.8. The number of benzene rings is 1. The fourth-order valence-electron chi connectivity index (χ4n) is 2.43. The topological polar surface area (TPSA) is 89.3 Å². The van der Waals surface area contributed by atoms with Crippen LogP contribution in [0.2, 0.25) is 0 Å². The number of carbonyl (C=O) groups excluding carboxylic acids is 1. The van der Waals surface area contributed by atoms with E-state index in [1.807, 2.05) is 52.8 Å². The Balaban J connectivity index is 1.74. The first-order valence-electron chi connectivity index (χ1n) is 8.42. The summed E-state index contributed by atoms with van der Waals surface area (Å²) in [6.07, 6.45) is 0. The van der Waals surface area contributed by atoms with Crippen LogP contribution in [0.5, 0.6) is 0 Å². The molecule has 0 radical (unpaired) electrons. The van der Waals surface area contributed by atoms with E-state index in [0.717, 1.165) is 16.8 Å². The highest BCUT2D eigenvalue weighted by Gasteiger charge is 2.23. The van der Waals surface area contributed by atoms with Crippen LogP contribution in [0.25, 0.3) is 4.96 Å². The van der Waals surface area contributed by atoms with Crippen molar-refractivity contribution in [2.45, 2.75) is 44.4 Å². The molecule has 0 aliphatic heterocycles. The molecule has 0 atom stereocenters. The van der Waals surface area contributed by atoms with Gasteiger partial charge in [-0.05, 0) is 31.0 Å². The van der Waals surface area contributed by atoms with Gasteiger partial charge in [0.15, 0.2) is 4.34 Å². The quantitative estimate of drug-likeness (QED) is 0.673. The lowest BCUT2D eigenvalue weighted by Gasteiger charge is -2.14. The summed E-state index contributed by atoms with van der Waals surface area (Å²) in [4.78, 5) is 25.2. The zero-order valence-electron chi connectivity index (χ0n) is 15.9. The first-order valence-corrected chi connectivity index (χ1v) is 10.2. The number of rotatable bonds is 4. The first-order chi connectivity index (χ1) is 12.7. The molecule has 1 amide bonds. The van der Waals surface area contributed by atoms with Crippen LogP contribution in [-0.2, 0) is 10.2 Å². The molecule has 0 bridgehead atoms. The Morgan fingerprint density at radius 1 is 1.26 bits per heavy atom. The summed E-state index contributed by atoms with van der Waals surface area (Å²) in [5, 5.41) is 15.4. The lowest BCUT2D eigenvalue weighted by atomic mass is 9.93. The number of hydrogen-bond donors (Lipinski definition) is 1. The smallest absolute Gasteiger partial charge is 0.297 e. The molecule has 0 spiro atoms. The molecule has 0 aliphatic rings. The van der Waals surface area contributed by atoms with E-state index in [-0.39, 0.29) is 17.2 Å². The molecule has 0 aliphatic carbocycles. The molecule has 1 aromatic carbocycles. The summed E-state index contributed by atoms with van der Waals surface area (Å²) < 4.78 is 1.87. The largest absolute Gasteiger partial charge is 0.325 e. The highest BCUT2D eigenvalue weighted by atomic mass is 32.2. The van der Waals surface area contributed by atoms with Crippen molar-refractivity contribution in [1.29, 1.82) is 0 Å². The minimum Gasteiger partial charge on any atom is -0.325 e. The fraction of sp³-hybridized carbons (Fsp3) is 0.389. The van der Waals surface area contributed by atoms with Gasteiger partial charge in [0.05, 0.1) is 5.75 Å². The molecule has 2 heterocycles. The van der Waals surface area contributed by atoms with E-state index in [1.165, 1.54) is 27.6 Å². The van der Waals surface area contributed by atoms with Gasteiger partial charge in [-0.15, -0.1) is 15.3 Å². The minimum atomic E-state index is -0.409. The monoisotopic (exact) mass is 403 g/mol. The average molecular weight is 404 g/mol. The van der Waals surface area contributed by atoms with Crippen molar-refractivity contribution in [3.05, 3.63) is 45.4 Å². The second-order valence-electron chi connectivity index (χ2n) is 7.25. The van der Waals surface area contributed by atoms with Crippen LogP contribution >= 0.6 is 23.1 Å². The number of anilines is 1. The molecule has 142 valence electrons. The Hall–Kier alpha value is -2.26. The summed E-state index contributed by atoms with van der Waals surface area (Å²) in [5.41, 5.74) is 2.67. The molecule has 9 heteroatoms. The molecule has 0 saturated carbocycles. The molecule has 0 fully saturated rings. The molecular weight excluding hydrogens is 382 g/mol. The lowest BCUT2D eigenvalue weighted by Crippen LogP contribution is -2.30. The number of amides is 1. The third kappa shape index (κ3) is 4.19. The molecule has 2 aromatic heterocycles. The number of nitrogens with zero attached hydrogens (tertiary/aromatic N) is 4. The van der Waals surface area contributed by atoms with Gasteiger partial charge in [-0.1, -0.05) is 56.0 Å². The minimum absolute atomic E-state index is 0.123. The molecule has 0 saturated heterocycles. The van der Waals surface area contributed by atoms with Gasteiger partial charge in [-0.3, -0.25) is 9.59 Å². The standard InChI is InChI=1S/C18H21N5O2S2/c1-10-7-6-8-12(11(10)2)19-13(24)9-26-17-22-23-15(25)14(18(3,4)5)20-21-16(23)27-17/h6-8H,9H2,1-5H3,(H,19,24). The van der Waals surface area contributed by atoms with Gasteiger partial charge in [-0.25, -0.2) is 0 Å². The van der Waals surface area contributed by atoms with Crippen molar-refractivity contribution in [2.75, 3.05) is 11.1 Å². The Morgan fingerprint density at radius 3 is 2.70 bits per heavy atom. The molecule has 0 unspecified atom stereocenters. The van der Waals surface area contributed by atoms with Crippen LogP contribution in [0.4, 0.5) is 5.69 Å². The number of carbonyl (C=O) groups is 1. The van der Waals surface area contributed by atoms with E-state index in [2.05, 4.69) is 20.6 Å². The Bertz CT molecular complexity index is 1070. The highest BCUT2D eigenvalue weighted by molar-refractivity contribution is 8.01. The Kier molecular flexibility index (Phi) is 5.34. The lowest BCUT2D eigenvalue weighted by molar-refractivity contribution is -0.113. The predicted molar refractivity (Wildman–Crippen MR) is 109 cm³/mol. The SMILES string of the molecule is Cc1cccc(NC(=O)CSc2nn3c(=O)c(C(C)(C)C)nnc3s2)c1C. The molecule has 1 N–H and O–H groups in total. The number of hydrogen-bond acceptors (Lipinski definition) is 7. The average Bonchev–Trinajstić information content (AvgIpc) is 3.00. The number of nitrogens with one attached hydrogen (secondary N) is 1. The van der Waals surface area contributed by atoms with Crippen molar-refractivity contribution >= 4 is 39.7 Å². The third-order valence-corrected chi connectivity index (χ3v) is 6.12. The van der Waals surface area contributed by atoms with Crippen molar-refractivity contribution in [3.63, 3.8) is 0 Å². The van der Waals surface area contributed by atoms with Gasteiger partial charge in [0.1, 0.15) is 5.69 Å². The summed E-state index contributed by atoms with van der Waals surface area (Å²) in [6, 6.07) is 5.80. The van der Waals surface area contributed by atoms with Crippen molar-refractivity contribution in [1.82, 2.24) is 19.8 Å². The van der Waals surface area contributed by atoms with Crippen LogP contribution in [0.15, 0.2) is 27.3 Å². The zero-order valence-corrected chi connectivity index (χ0v) is 17.5. The summed E-state index contributed by atoms with van der Waals surface area (Å²) >= 11 is 2.52. The number of fused-ring (bicyclic) bond motifs is 1. The molecule has 3 aromatic rings.